The average Bonchev–Trinajstić information content (AvgIpc) is 3.03. The van der Waals surface area contributed by atoms with Gasteiger partial charge in [0.1, 0.15) is 0 Å². The van der Waals surface area contributed by atoms with E-state index in [1.54, 1.807) is 6.07 Å². The first-order valence-electron chi connectivity index (χ1n) is 6.27. The number of hydrazine groups is 1. The number of rotatable bonds is 5. The summed E-state index contributed by atoms with van der Waals surface area (Å²) < 4.78 is 30.6. The van der Waals surface area contributed by atoms with Crippen LogP contribution in [0.3, 0.4) is 0 Å². The SMILES string of the molecule is O=C(CCSc1ccc(F)c(F)c1)NNC(=O)c1ccco1. The Morgan fingerprint density at radius 1 is 1.14 bits per heavy atom. The van der Waals surface area contributed by atoms with Crippen LogP contribution >= 0.6 is 11.8 Å². The minimum absolute atomic E-state index is 0.0801. The van der Waals surface area contributed by atoms with E-state index in [2.05, 4.69) is 10.9 Å². The van der Waals surface area contributed by atoms with Crippen LogP contribution in [-0.4, -0.2) is 17.6 Å². The zero-order valence-electron chi connectivity index (χ0n) is 11.3. The summed E-state index contributed by atoms with van der Waals surface area (Å²) in [5.41, 5.74) is 4.43. The maximum absolute atomic E-state index is 13.0. The van der Waals surface area contributed by atoms with E-state index in [-0.39, 0.29) is 12.2 Å². The van der Waals surface area contributed by atoms with Crippen LogP contribution in [0.25, 0.3) is 0 Å². The lowest BCUT2D eigenvalue weighted by atomic mass is 10.3. The Kier molecular flexibility index (Phi) is 5.54. The van der Waals surface area contributed by atoms with Gasteiger partial charge in [0.15, 0.2) is 17.4 Å². The molecule has 0 bridgehead atoms. The molecule has 0 spiro atoms. The third-order valence-electron chi connectivity index (χ3n) is 2.55. The van der Waals surface area contributed by atoms with Gasteiger partial charge in [-0.05, 0) is 30.3 Å². The van der Waals surface area contributed by atoms with Gasteiger partial charge in [-0.3, -0.25) is 20.4 Å². The molecule has 8 heteroatoms. The molecular formula is C14H12F2N2O3S. The van der Waals surface area contributed by atoms with Gasteiger partial charge in [0.25, 0.3) is 0 Å². The number of amides is 2. The van der Waals surface area contributed by atoms with E-state index in [0.717, 1.165) is 12.1 Å². The summed E-state index contributed by atoms with van der Waals surface area (Å²) in [6.45, 7) is 0. The monoisotopic (exact) mass is 326 g/mol. The second-order valence-corrected chi connectivity index (χ2v) is 5.32. The number of carbonyl (C=O) groups excluding carboxylic acids is 2. The van der Waals surface area contributed by atoms with Crippen molar-refractivity contribution in [2.24, 2.45) is 0 Å². The highest BCUT2D eigenvalue weighted by Gasteiger charge is 2.09. The highest BCUT2D eigenvalue weighted by molar-refractivity contribution is 7.99. The molecule has 0 saturated heterocycles. The number of nitrogens with one attached hydrogen (secondary N) is 2. The van der Waals surface area contributed by atoms with Crippen molar-refractivity contribution in [3.63, 3.8) is 0 Å². The number of thioether (sulfide) groups is 1. The molecule has 0 aliphatic rings. The summed E-state index contributed by atoms with van der Waals surface area (Å²) in [5, 5.41) is 0. The number of benzene rings is 1. The molecule has 2 amide bonds. The van der Waals surface area contributed by atoms with Crippen LogP contribution < -0.4 is 10.9 Å². The number of carbonyl (C=O) groups is 2. The molecular weight excluding hydrogens is 314 g/mol. The Bertz CT molecular complexity index is 662. The van der Waals surface area contributed by atoms with Crippen molar-refractivity contribution in [3.8, 4) is 0 Å². The Morgan fingerprint density at radius 2 is 1.95 bits per heavy atom. The van der Waals surface area contributed by atoms with Crippen LogP contribution in [0.5, 0.6) is 0 Å². The Morgan fingerprint density at radius 3 is 2.64 bits per heavy atom. The fourth-order valence-corrected chi connectivity index (χ4v) is 2.36. The van der Waals surface area contributed by atoms with E-state index in [1.807, 2.05) is 0 Å². The second-order valence-electron chi connectivity index (χ2n) is 4.15. The van der Waals surface area contributed by atoms with Gasteiger partial charge in [0, 0.05) is 17.1 Å². The fraction of sp³-hybridized carbons (Fsp3) is 0.143. The molecule has 22 heavy (non-hydrogen) atoms. The van der Waals surface area contributed by atoms with E-state index >= 15 is 0 Å². The predicted octanol–water partition coefficient (Wildman–Crippen LogP) is 2.50. The molecule has 0 saturated carbocycles. The fourth-order valence-electron chi connectivity index (χ4n) is 1.49. The first kappa shape index (κ1) is 16.0. The van der Waals surface area contributed by atoms with E-state index in [0.29, 0.717) is 10.6 Å². The number of hydrogen-bond donors (Lipinski definition) is 2. The minimum atomic E-state index is -0.930. The minimum Gasteiger partial charge on any atom is -0.459 e. The van der Waals surface area contributed by atoms with Gasteiger partial charge in [0.05, 0.1) is 6.26 Å². The van der Waals surface area contributed by atoms with Crippen LogP contribution in [-0.2, 0) is 4.79 Å². The normalized spacial score (nSPS) is 10.3. The number of halogens is 2. The van der Waals surface area contributed by atoms with Gasteiger partial charge in [-0.25, -0.2) is 8.78 Å². The van der Waals surface area contributed by atoms with Crippen molar-refractivity contribution in [1.82, 2.24) is 10.9 Å². The molecule has 0 atom stereocenters. The zero-order valence-corrected chi connectivity index (χ0v) is 12.1. The molecule has 1 aromatic heterocycles. The van der Waals surface area contributed by atoms with Gasteiger partial charge < -0.3 is 4.42 Å². The van der Waals surface area contributed by atoms with E-state index in [9.17, 15) is 18.4 Å². The van der Waals surface area contributed by atoms with Crippen molar-refractivity contribution in [3.05, 3.63) is 54.0 Å². The van der Waals surface area contributed by atoms with Crippen molar-refractivity contribution < 1.29 is 22.8 Å². The van der Waals surface area contributed by atoms with E-state index < -0.39 is 23.4 Å². The molecule has 0 unspecified atom stereocenters. The van der Waals surface area contributed by atoms with Gasteiger partial charge in [-0.2, -0.15) is 0 Å². The maximum Gasteiger partial charge on any atom is 0.305 e. The average molecular weight is 326 g/mol. The van der Waals surface area contributed by atoms with Crippen LogP contribution in [0.4, 0.5) is 8.78 Å². The highest BCUT2D eigenvalue weighted by Crippen LogP contribution is 2.20. The van der Waals surface area contributed by atoms with E-state index in [1.165, 1.54) is 30.2 Å². The summed E-state index contributed by atoms with van der Waals surface area (Å²) in [7, 11) is 0. The molecule has 5 nitrogen and oxygen atoms in total. The lowest BCUT2D eigenvalue weighted by Gasteiger charge is -2.06. The molecule has 1 aromatic carbocycles. The number of furan rings is 1. The topological polar surface area (TPSA) is 71.3 Å². The Labute approximate surface area is 129 Å². The van der Waals surface area contributed by atoms with Crippen molar-refractivity contribution >= 4 is 23.6 Å². The first-order valence-corrected chi connectivity index (χ1v) is 7.25. The molecule has 0 aliphatic carbocycles. The summed E-state index contributed by atoms with van der Waals surface area (Å²) in [4.78, 5) is 23.5. The van der Waals surface area contributed by atoms with Crippen LogP contribution in [0.1, 0.15) is 17.0 Å². The molecule has 0 fully saturated rings. The maximum atomic E-state index is 13.0. The van der Waals surface area contributed by atoms with Crippen LogP contribution in [0.15, 0.2) is 45.9 Å². The first-order chi connectivity index (χ1) is 10.6. The quantitative estimate of drug-likeness (QED) is 0.654. The van der Waals surface area contributed by atoms with Crippen LogP contribution in [0.2, 0.25) is 0 Å². The van der Waals surface area contributed by atoms with Crippen molar-refractivity contribution in [2.45, 2.75) is 11.3 Å². The molecule has 0 radical (unpaired) electrons. The van der Waals surface area contributed by atoms with Crippen molar-refractivity contribution in [1.29, 1.82) is 0 Å². The third-order valence-corrected chi connectivity index (χ3v) is 3.54. The largest absolute Gasteiger partial charge is 0.459 e. The van der Waals surface area contributed by atoms with Gasteiger partial charge in [-0.15, -0.1) is 11.8 Å². The van der Waals surface area contributed by atoms with E-state index in [4.69, 9.17) is 4.42 Å². The molecule has 116 valence electrons. The molecule has 2 N–H and O–H groups in total. The lowest BCUT2D eigenvalue weighted by Crippen LogP contribution is -2.41. The Balaban J connectivity index is 1.69. The summed E-state index contributed by atoms with van der Waals surface area (Å²) in [5.74, 6) is -2.38. The van der Waals surface area contributed by atoms with Crippen molar-refractivity contribution in [2.75, 3.05) is 5.75 Å². The zero-order chi connectivity index (χ0) is 15.9. The molecule has 2 rings (SSSR count). The number of hydrogen-bond acceptors (Lipinski definition) is 4. The van der Waals surface area contributed by atoms with Gasteiger partial charge >= 0.3 is 5.91 Å². The molecule has 1 heterocycles. The smallest absolute Gasteiger partial charge is 0.305 e. The predicted molar refractivity (Wildman–Crippen MR) is 76.0 cm³/mol. The molecule has 2 aromatic rings. The third kappa shape index (κ3) is 4.59. The summed E-state index contributed by atoms with van der Waals surface area (Å²) in [6, 6.07) is 6.53. The lowest BCUT2D eigenvalue weighted by molar-refractivity contribution is -0.121. The summed E-state index contributed by atoms with van der Waals surface area (Å²) in [6.07, 6.45) is 1.44. The highest BCUT2D eigenvalue weighted by atomic mass is 32.2. The van der Waals surface area contributed by atoms with Gasteiger partial charge in [0.2, 0.25) is 5.91 Å². The Hall–Kier alpha value is -2.35. The van der Waals surface area contributed by atoms with Gasteiger partial charge in [-0.1, -0.05) is 0 Å². The summed E-state index contributed by atoms with van der Waals surface area (Å²) >= 11 is 1.20. The van der Waals surface area contributed by atoms with Crippen LogP contribution in [0, 0.1) is 11.6 Å². The molecule has 0 aliphatic heterocycles. The second kappa shape index (κ2) is 7.60. The standard InChI is InChI=1S/C14H12F2N2O3S/c15-10-4-3-9(8-11(10)16)22-7-5-13(19)17-18-14(20)12-2-1-6-21-12/h1-4,6,8H,5,7H2,(H,17,19)(H,18,20).